The molecule has 1 amide bonds. The number of hydrogen-bond acceptors (Lipinski definition) is 7. The molecular weight excluding hydrogens is 380 g/mol. The van der Waals surface area contributed by atoms with Gasteiger partial charge in [0.1, 0.15) is 21.5 Å². The summed E-state index contributed by atoms with van der Waals surface area (Å²) in [5, 5.41) is 5.24. The molecule has 0 N–H and O–H groups in total. The van der Waals surface area contributed by atoms with Crippen molar-refractivity contribution in [1.82, 2.24) is 24.6 Å². The van der Waals surface area contributed by atoms with Crippen molar-refractivity contribution in [2.45, 2.75) is 32.2 Å². The second-order valence-electron chi connectivity index (χ2n) is 8.03. The molecule has 0 radical (unpaired) electrons. The summed E-state index contributed by atoms with van der Waals surface area (Å²) >= 11 is 0. The molecule has 2 aromatic heterocycles. The molecule has 28 heavy (non-hydrogen) atoms. The quantitative estimate of drug-likeness (QED) is 0.730. The Labute approximate surface area is 164 Å². The standard InChI is InChI=1S/C18H26N6O3S/c1-12-20-17-15(9-19-22(17)2)18(21-12)23-6-4-14(5-7-23)24-10-13(8-16(24)25)11-28(3,26)27/h9,13-14H,4-8,10-11H2,1-3H3. The predicted octanol–water partition coefficient (Wildman–Crippen LogP) is 0.534. The van der Waals surface area contributed by atoms with E-state index in [1.54, 1.807) is 10.9 Å². The fraction of sp³-hybridized carbons (Fsp3) is 0.667. The lowest BCUT2D eigenvalue weighted by atomic mass is 10.0. The van der Waals surface area contributed by atoms with Crippen LogP contribution in [0.3, 0.4) is 0 Å². The second-order valence-corrected chi connectivity index (χ2v) is 10.2. The zero-order chi connectivity index (χ0) is 20.1. The van der Waals surface area contributed by atoms with Crippen LogP contribution in [0, 0.1) is 12.8 Å². The summed E-state index contributed by atoms with van der Waals surface area (Å²) < 4.78 is 24.9. The normalized spacial score (nSPS) is 21.8. The van der Waals surface area contributed by atoms with Gasteiger partial charge >= 0.3 is 0 Å². The van der Waals surface area contributed by atoms with Crippen molar-refractivity contribution in [3.63, 3.8) is 0 Å². The van der Waals surface area contributed by atoms with Gasteiger partial charge in [0.15, 0.2) is 5.65 Å². The number of rotatable bonds is 4. The van der Waals surface area contributed by atoms with Crippen molar-refractivity contribution in [1.29, 1.82) is 0 Å². The zero-order valence-corrected chi connectivity index (χ0v) is 17.3. The molecule has 4 rings (SSSR count). The van der Waals surface area contributed by atoms with E-state index in [9.17, 15) is 13.2 Å². The Morgan fingerprint density at radius 1 is 1.21 bits per heavy atom. The van der Waals surface area contributed by atoms with E-state index in [-0.39, 0.29) is 23.6 Å². The Kier molecular flexibility index (Phi) is 4.76. The third kappa shape index (κ3) is 3.69. The average molecular weight is 407 g/mol. The molecule has 0 saturated carbocycles. The van der Waals surface area contributed by atoms with Crippen LogP contribution in [0.1, 0.15) is 25.1 Å². The van der Waals surface area contributed by atoms with Crippen LogP contribution in [0.2, 0.25) is 0 Å². The lowest BCUT2D eigenvalue weighted by molar-refractivity contribution is -0.130. The van der Waals surface area contributed by atoms with Crippen molar-refractivity contribution in [2.75, 3.05) is 36.5 Å². The van der Waals surface area contributed by atoms with Crippen molar-refractivity contribution >= 4 is 32.6 Å². The average Bonchev–Trinajstić information content (AvgIpc) is 3.16. The molecule has 0 spiro atoms. The molecule has 10 heteroatoms. The summed E-state index contributed by atoms with van der Waals surface area (Å²) in [6, 6.07) is 0.167. The number of carbonyl (C=O) groups is 1. The van der Waals surface area contributed by atoms with Gasteiger partial charge in [-0.25, -0.2) is 18.4 Å². The molecule has 0 aliphatic carbocycles. The number of sulfone groups is 1. The number of amides is 1. The van der Waals surface area contributed by atoms with E-state index in [0.717, 1.165) is 42.8 Å². The molecule has 0 bridgehead atoms. The van der Waals surface area contributed by atoms with E-state index in [4.69, 9.17) is 0 Å². The number of piperidine rings is 1. The molecule has 2 saturated heterocycles. The summed E-state index contributed by atoms with van der Waals surface area (Å²) in [5.41, 5.74) is 0.822. The fourth-order valence-corrected chi connectivity index (χ4v) is 5.52. The van der Waals surface area contributed by atoms with Crippen molar-refractivity contribution in [2.24, 2.45) is 13.0 Å². The lowest BCUT2D eigenvalue weighted by Gasteiger charge is -2.37. The molecule has 9 nitrogen and oxygen atoms in total. The van der Waals surface area contributed by atoms with E-state index < -0.39 is 9.84 Å². The van der Waals surface area contributed by atoms with Gasteiger partial charge in [-0.05, 0) is 25.7 Å². The molecule has 2 fully saturated rings. The van der Waals surface area contributed by atoms with Crippen LogP contribution in [0.4, 0.5) is 5.82 Å². The largest absolute Gasteiger partial charge is 0.356 e. The second kappa shape index (κ2) is 6.98. The first-order chi connectivity index (χ1) is 13.2. The number of hydrogen-bond donors (Lipinski definition) is 0. The van der Waals surface area contributed by atoms with Crippen LogP contribution in [-0.2, 0) is 21.7 Å². The van der Waals surface area contributed by atoms with E-state index in [0.29, 0.717) is 18.8 Å². The molecular formula is C18H26N6O3S. The Balaban J connectivity index is 1.45. The van der Waals surface area contributed by atoms with Crippen LogP contribution < -0.4 is 4.90 Å². The Bertz CT molecular complexity index is 1010. The van der Waals surface area contributed by atoms with Gasteiger partial charge in [-0.15, -0.1) is 0 Å². The SMILES string of the molecule is Cc1nc(N2CCC(N3CC(CS(C)(=O)=O)CC3=O)CC2)c2cnn(C)c2n1. The first-order valence-corrected chi connectivity index (χ1v) is 11.7. The Hall–Kier alpha value is -2.23. The molecule has 2 aliphatic rings. The minimum atomic E-state index is -3.06. The maximum atomic E-state index is 12.4. The number of aryl methyl sites for hydroxylation is 2. The number of nitrogens with zero attached hydrogens (tertiary/aromatic N) is 6. The molecule has 2 aromatic rings. The lowest BCUT2D eigenvalue weighted by Crippen LogP contribution is -2.46. The van der Waals surface area contributed by atoms with E-state index >= 15 is 0 Å². The first kappa shape index (κ1) is 19.1. The highest BCUT2D eigenvalue weighted by Gasteiger charge is 2.37. The van der Waals surface area contributed by atoms with Gasteiger partial charge in [0, 0.05) is 45.4 Å². The fourth-order valence-electron chi connectivity index (χ4n) is 4.44. The number of fused-ring (bicyclic) bond motifs is 1. The predicted molar refractivity (Wildman–Crippen MR) is 106 cm³/mol. The monoisotopic (exact) mass is 406 g/mol. The summed E-state index contributed by atoms with van der Waals surface area (Å²) in [7, 11) is -1.19. The number of likely N-dealkylation sites (tertiary alicyclic amines) is 1. The van der Waals surface area contributed by atoms with Crippen LogP contribution in [0.25, 0.3) is 11.0 Å². The van der Waals surface area contributed by atoms with Gasteiger partial charge in [-0.3, -0.25) is 9.48 Å². The molecule has 1 atom stereocenters. The highest BCUT2D eigenvalue weighted by Crippen LogP contribution is 2.30. The van der Waals surface area contributed by atoms with E-state index in [1.807, 2.05) is 18.9 Å². The van der Waals surface area contributed by atoms with Gasteiger partial charge < -0.3 is 9.80 Å². The first-order valence-electron chi connectivity index (χ1n) is 9.60. The summed E-state index contributed by atoms with van der Waals surface area (Å²) in [6.45, 7) is 4.03. The van der Waals surface area contributed by atoms with Crippen molar-refractivity contribution < 1.29 is 13.2 Å². The molecule has 0 aromatic carbocycles. The highest BCUT2D eigenvalue weighted by atomic mass is 32.2. The van der Waals surface area contributed by atoms with Gasteiger partial charge in [0.2, 0.25) is 5.91 Å². The highest BCUT2D eigenvalue weighted by molar-refractivity contribution is 7.90. The van der Waals surface area contributed by atoms with Crippen molar-refractivity contribution in [3.05, 3.63) is 12.0 Å². The summed E-state index contributed by atoms with van der Waals surface area (Å²) in [5.74, 6) is 1.70. The van der Waals surface area contributed by atoms with Crippen LogP contribution in [0.15, 0.2) is 6.20 Å². The maximum absolute atomic E-state index is 12.4. The molecule has 2 aliphatic heterocycles. The molecule has 152 valence electrons. The smallest absolute Gasteiger partial charge is 0.223 e. The van der Waals surface area contributed by atoms with E-state index in [2.05, 4.69) is 20.0 Å². The maximum Gasteiger partial charge on any atom is 0.223 e. The number of aromatic nitrogens is 4. The third-order valence-corrected chi connectivity index (χ3v) is 6.74. The molecule has 1 unspecified atom stereocenters. The number of carbonyl (C=O) groups excluding carboxylic acids is 1. The Morgan fingerprint density at radius 2 is 1.93 bits per heavy atom. The van der Waals surface area contributed by atoms with Crippen LogP contribution >= 0.6 is 0 Å². The minimum Gasteiger partial charge on any atom is -0.356 e. The van der Waals surface area contributed by atoms with Crippen LogP contribution in [0.5, 0.6) is 0 Å². The van der Waals surface area contributed by atoms with Gasteiger partial charge in [0.05, 0.1) is 17.3 Å². The summed E-state index contributed by atoms with van der Waals surface area (Å²) in [4.78, 5) is 25.7. The van der Waals surface area contributed by atoms with Gasteiger partial charge in [-0.2, -0.15) is 5.10 Å². The van der Waals surface area contributed by atoms with Gasteiger partial charge in [0.25, 0.3) is 0 Å². The van der Waals surface area contributed by atoms with E-state index in [1.165, 1.54) is 6.26 Å². The van der Waals surface area contributed by atoms with Crippen LogP contribution in [-0.4, -0.2) is 76.7 Å². The Morgan fingerprint density at radius 3 is 2.61 bits per heavy atom. The minimum absolute atomic E-state index is 0.0830. The third-order valence-electron chi connectivity index (χ3n) is 5.67. The zero-order valence-electron chi connectivity index (χ0n) is 16.5. The number of anilines is 1. The topological polar surface area (TPSA) is 101 Å². The summed E-state index contributed by atoms with van der Waals surface area (Å²) in [6.07, 6.45) is 5.08. The van der Waals surface area contributed by atoms with Gasteiger partial charge in [-0.1, -0.05) is 0 Å². The van der Waals surface area contributed by atoms with Crippen molar-refractivity contribution in [3.8, 4) is 0 Å². The molecule has 4 heterocycles.